The first-order valence-electron chi connectivity index (χ1n) is 4.47. The van der Waals surface area contributed by atoms with Crippen LogP contribution in [0.5, 0.6) is 0 Å². The van der Waals surface area contributed by atoms with Crippen molar-refractivity contribution >= 4 is 39.8 Å². The van der Waals surface area contributed by atoms with Crippen molar-refractivity contribution in [1.29, 1.82) is 0 Å². The molecule has 0 saturated heterocycles. The second-order valence-electron chi connectivity index (χ2n) is 3.30. The van der Waals surface area contributed by atoms with Crippen molar-refractivity contribution in [3.05, 3.63) is 46.7 Å². The Morgan fingerprint density at radius 2 is 1.93 bits per heavy atom. The van der Waals surface area contributed by atoms with Crippen LogP contribution < -0.4 is 0 Å². The van der Waals surface area contributed by atoms with E-state index in [0.717, 1.165) is 16.6 Å². The van der Waals surface area contributed by atoms with Crippen LogP contribution in [0.4, 0.5) is 0 Å². The van der Waals surface area contributed by atoms with E-state index in [1.54, 1.807) is 0 Å². The Morgan fingerprint density at radius 1 is 1.07 bits per heavy atom. The predicted octanol–water partition coefficient (Wildman–Crippen LogP) is 3.79. The van der Waals surface area contributed by atoms with Crippen LogP contribution in [-0.2, 0) is 0 Å². The molecule has 74 valence electrons. The third-order valence-corrected chi connectivity index (χ3v) is 2.89. The van der Waals surface area contributed by atoms with Crippen LogP contribution in [0.15, 0.2) is 36.5 Å². The third kappa shape index (κ3) is 1.29. The minimum Gasteiger partial charge on any atom is -0.312 e. The zero-order valence-electron chi connectivity index (χ0n) is 7.61. The molecule has 0 aliphatic rings. The lowest BCUT2D eigenvalue weighted by molar-refractivity contribution is 1.23. The molecule has 1 aromatic carbocycles. The van der Waals surface area contributed by atoms with E-state index in [2.05, 4.69) is 4.98 Å². The highest BCUT2D eigenvalue weighted by Crippen LogP contribution is 2.24. The smallest absolute Gasteiger partial charge is 0.153 e. The molecule has 4 heteroatoms. The van der Waals surface area contributed by atoms with E-state index in [0.29, 0.717) is 10.2 Å². The molecular formula is C11H6Cl2N2. The van der Waals surface area contributed by atoms with Gasteiger partial charge in [0.1, 0.15) is 0 Å². The van der Waals surface area contributed by atoms with Crippen LogP contribution in [0, 0.1) is 0 Å². The van der Waals surface area contributed by atoms with Crippen molar-refractivity contribution in [3.63, 3.8) is 0 Å². The highest BCUT2D eigenvalue weighted by atomic mass is 35.5. The zero-order valence-corrected chi connectivity index (χ0v) is 9.13. The molecule has 0 saturated carbocycles. The molecule has 0 radical (unpaired) electrons. The highest BCUT2D eigenvalue weighted by Gasteiger charge is 2.05. The van der Waals surface area contributed by atoms with Gasteiger partial charge in [0.15, 0.2) is 5.15 Å². The maximum atomic E-state index is 6.05. The van der Waals surface area contributed by atoms with Crippen LogP contribution in [0.25, 0.3) is 16.6 Å². The van der Waals surface area contributed by atoms with Crippen LogP contribution >= 0.6 is 23.2 Å². The first-order chi connectivity index (χ1) is 7.25. The molecule has 0 aliphatic carbocycles. The molecule has 2 heterocycles. The fourth-order valence-corrected chi connectivity index (χ4v) is 2.12. The van der Waals surface area contributed by atoms with Gasteiger partial charge in [-0.1, -0.05) is 23.2 Å². The fourth-order valence-electron chi connectivity index (χ4n) is 1.71. The van der Waals surface area contributed by atoms with Crippen molar-refractivity contribution in [2.75, 3.05) is 0 Å². The fraction of sp³-hybridized carbons (Fsp3) is 0. The van der Waals surface area contributed by atoms with E-state index in [1.165, 1.54) is 0 Å². The summed E-state index contributed by atoms with van der Waals surface area (Å²) in [5.41, 5.74) is 2.70. The quantitative estimate of drug-likeness (QED) is 0.581. The van der Waals surface area contributed by atoms with E-state index in [1.807, 2.05) is 40.9 Å². The monoisotopic (exact) mass is 236 g/mol. The first kappa shape index (κ1) is 9.01. The molecule has 0 atom stereocenters. The summed E-state index contributed by atoms with van der Waals surface area (Å²) >= 11 is 12.0. The Kier molecular flexibility index (Phi) is 1.87. The maximum absolute atomic E-state index is 6.05. The SMILES string of the molecule is Clc1ccc2nc(Cl)c3cccn3c2c1. The lowest BCUT2D eigenvalue weighted by Gasteiger charge is -2.04. The Morgan fingerprint density at radius 3 is 2.80 bits per heavy atom. The summed E-state index contributed by atoms with van der Waals surface area (Å²) in [4.78, 5) is 4.30. The lowest BCUT2D eigenvalue weighted by atomic mass is 10.3. The number of aromatic nitrogens is 2. The van der Waals surface area contributed by atoms with Crippen molar-refractivity contribution in [1.82, 2.24) is 9.38 Å². The summed E-state index contributed by atoms with van der Waals surface area (Å²) < 4.78 is 1.98. The number of fused-ring (bicyclic) bond motifs is 3. The lowest BCUT2D eigenvalue weighted by Crippen LogP contribution is -1.90. The second kappa shape index (κ2) is 3.12. The molecule has 3 aromatic rings. The maximum Gasteiger partial charge on any atom is 0.153 e. The van der Waals surface area contributed by atoms with E-state index in [4.69, 9.17) is 23.2 Å². The molecule has 15 heavy (non-hydrogen) atoms. The molecule has 3 rings (SSSR count). The largest absolute Gasteiger partial charge is 0.312 e. The number of nitrogens with zero attached hydrogens (tertiary/aromatic N) is 2. The van der Waals surface area contributed by atoms with Gasteiger partial charge >= 0.3 is 0 Å². The van der Waals surface area contributed by atoms with Gasteiger partial charge in [-0.25, -0.2) is 4.98 Å². The second-order valence-corrected chi connectivity index (χ2v) is 4.09. The van der Waals surface area contributed by atoms with Gasteiger partial charge in [-0.15, -0.1) is 0 Å². The van der Waals surface area contributed by atoms with Crippen LogP contribution in [0.1, 0.15) is 0 Å². The van der Waals surface area contributed by atoms with Crippen molar-refractivity contribution in [3.8, 4) is 0 Å². The number of benzene rings is 1. The minimum atomic E-state index is 0.509. The average molecular weight is 237 g/mol. The molecule has 0 N–H and O–H groups in total. The molecule has 0 spiro atoms. The van der Waals surface area contributed by atoms with Gasteiger partial charge in [-0.2, -0.15) is 0 Å². The molecule has 0 amide bonds. The topological polar surface area (TPSA) is 17.3 Å². The van der Waals surface area contributed by atoms with Crippen LogP contribution in [0.3, 0.4) is 0 Å². The molecule has 2 aromatic heterocycles. The van der Waals surface area contributed by atoms with Gasteiger partial charge in [-0.05, 0) is 30.3 Å². The molecule has 2 nitrogen and oxygen atoms in total. The van der Waals surface area contributed by atoms with E-state index < -0.39 is 0 Å². The summed E-state index contributed by atoms with van der Waals surface area (Å²) in [6, 6.07) is 9.41. The van der Waals surface area contributed by atoms with Gasteiger partial charge in [0.25, 0.3) is 0 Å². The van der Waals surface area contributed by atoms with Gasteiger partial charge < -0.3 is 4.40 Å². The summed E-state index contributed by atoms with van der Waals surface area (Å²) in [7, 11) is 0. The Labute approximate surface area is 96.1 Å². The van der Waals surface area contributed by atoms with E-state index >= 15 is 0 Å². The normalized spacial score (nSPS) is 11.3. The summed E-state index contributed by atoms with van der Waals surface area (Å²) in [5.74, 6) is 0. The van der Waals surface area contributed by atoms with Crippen molar-refractivity contribution < 1.29 is 0 Å². The first-order valence-corrected chi connectivity index (χ1v) is 5.23. The molecule has 0 unspecified atom stereocenters. The average Bonchev–Trinajstić information content (AvgIpc) is 2.69. The van der Waals surface area contributed by atoms with Crippen molar-refractivity contribution in [2.24, 2.45) is 0 Å². The van der Waals surface area contributed by atoms with Crippen LogP contribution in [0.2, 0.25) is 10.2 Å². The third-order valence-electron chi connectivity index (χ3n) is 2.38. The number of hydrogen-bond donors (Lipinski definition) is 0. The summed E-state index contributed by atoms with van der Waals surface area (Å²) in [6.07, 6.45) is 1.95. The summed E-state index contributed by atoms with van der Waals surface area (Å²) in [6.45, 7) is 0. The Balaban J connectivity index is 2.61. The molecule has 0 aliphatic heterocycles. The van der Waals surface area contributed by atoms with E-state index in [9.17, 15) is 0 Å². The zero-order chi connectivity index (χ0) is 10.4. The highest BCUT2D eigenvalue weighted by molar-refractivity contribution is 6.33. The Bertz CT molecular complexity index is 658. The van der Waals surface area contributed by atoms with Gasteiger partial charge in [0, 0.05) is 11.2 Å². The summed E-state index contributed by atoms with van der Waals surface area (Å²) in [5, 5.41) is 1.21. The van der Waals surface area contributed by atoms with Gasteiger partial charge in [-0.3, -0.25) is 0 Å². The van der Waals surface area contributed by atoms with Gasteiger partial charge in [0.2, 0.25) is 0 Å². The van der Waals surface area contributed by atoms with Crippen molar-refractivity contribution in [2.45, 2.75) is 0 Å². The van der Waals surface area contributed by atoms with Gasteiger partial charge in [0.05, 0.1) is 16.6 Å². The minimum absolute atomic E-state index is 0.509. The predicted molar refractivity (Wildman–Crippen MR) is 62.7 cm³/mol. The van der Waals surface area contributed by atoms with E-state index in [-0.39, 0.29) is 0 Å². The standard InChI is InChI=1S/C11H6Cl2N2/c12-7-3-4-8-10(6-7)15-5-1-2-9(15)11(13)14-8/h1-6H. The number of rotatable bonds is 0. The molecule has 0 fully saturated rings. The van der Waals surface area contributed by atoms with Crippen LogP contribution in [-0.4, -0.2) is 9.38 Å². The molecule has 0 bridgehead atoms. The number of halogens is 2. The number of hydrogen-bond acceptors (Lipinski definition) is 1. The molecular weight excluding hydrogens is 231 g/mol. The Hall–Kier alpha value is -1.25.